The molecule has 0 aliphatic rings. The SMILES string of the molecule is NN=Cc1c(O)ccc(Cl)c1[N+](=O)[O-]. The molecule has 0 heterocycles. The van der Waals surface area contributed by atoms with Crippen molar-refractivity contribution in [2.45, 2.75) is 0 Å². The van der Waals surface area contributed by atoms with E-state index in [-0.39, 0.29) is 16.3 Å². The molecule has 0 aliphatic heterocycles. The molecule has 0 aliphatic carbocycles. The molecular weight excluding hydrogens is 210 g/mol. The van der Waals surface area contributed by atoms with E-state index in [2.05, 4.69) is 5.10 Å². The molecule has 3 N–H and O–H groups in total. The van der Waals surface area contributed by atoms with Crippen LogP contribution in [0.2, 0.25) is 5.02 Å². The fourth-order valence-corrected chi connectivity index (χ4v) is 1.19. The van der Waals surface area contributed by atoms with Crippen molar-refractivity contribution in [1.29, 1.82) is 0 Å². The maximum atomic E-state index is 10.6. The number of hydrogen-bond acceptors (Lipinski definition) is 5. The van der Waals surface area contributed by atoms with Gasteiger partial charge in [0.1, 0.15) is 16.3 Å². The maximum absolute atomic E-state index is 10.6. The number of benzene rings is 1. The lowest BCUT2D eigenvalue weighted by molar-refractivity contribution is -0.384. The van der Waals surface area contributed by atoms with Gasteiger partial charge in [0.25, 0.3) is 5.69 Å². The Bertz CT molecular complexity index is 405. The molecule has 0 radical (unpaired) electrons. The summed E-state index contributed by atoms with van der Waals surface area (Å²) < 4.78 is 0. The monoisotopic (exact) mass is 215 g/mol. The highest BCUT2D eigenvalue weighted by Crippen LogP contribution is 2.32. The molecule has 0 amide bonds. The van der Waals surface area contributed by atoms with Crippen LogP contribution < -0.4 is 5.84 Å². The lowest BCUT2D eigenvalue weighted by atomic mass is 10.2. The summed E-state index contributed by atoms with van der Waals surface area (Å²) in [4.78, 5) is 9.87. The van der Waals surface area contributed by atoms with Crippen LogP contribution >= 0.6 is 11.6 Å². The normalized spacial score (nSPS) is 10.6. The third-order valence-electron chi connectivity index (χ3n) is 1.53. The second-order valence-corrected chi connectivity index (χ2v) is 2.77. The van der Waals surface area contributed by atoms with Gasteiger partial charge in [-0.05, 0) is 12.1 Å². The highest BCUT2D eigenvalue weighted by atomic mass is 35.5. The number of nitro groups is 1. The summed E-state index contributed by atoms with van der Waals surface area (Å²) >= 11 is 5.58. The van der Waals surface area contributed by atoms with Crippen molar-refractivity contribution in [3.05, 3.63) is 32.8 Å². The fourth-order valence-electron chi connectivity index (χ4n) is 0.958. The van der Waals surface area contributed by atoms with Crippen LogP contribution in [0.5, 0.6) is 5.75 Å². The van der Waals surface area contributed by atoms with E-state index >= 15 is 0 Å². The fraction of sp³-hybridized carbons (Fsp3) is 0. The Morgan fingerprint density at radius 2 is 2.29 bits per heavy atom. The first-order valence-electron chi connectivity index (χ1n) is 3.47. The third-order valence-corrected chi connectivity index (χ3v) is 1.84. The maximum Gasteiger partial charge on any atom is 0.300 e. The molecule has 7 heteroatoms. The van der Waals surface area contributed by atoms with Crippen LogP contribution in [0.4, 0.5) is 5.69 Å². The van der Waals surface area contributed by atoms with Gasteiger partial charge in [-0.25, -0.2) is 0 Å². The van der Waals surface area contributed by atoms with Gasteiger partial charge in [0, 0.05) is 0 Å². The molecule has 1 rings (SSSR count). The molecule has 1 aromatic carbocycles. The number of nitrogens with zero attached hydrogens (tertiary/aromatic N) is 2. The first kappa shape index (κ1) is 10.3. The average Bonchev–Trinajstić information content (AvgIpc) is 2.11. The second kappa shape index (κ2) is 3.93. The predicted molar refractivity (Wildman–Crippen MR) is 51.6 cm³/mol. The van der Waals surface area contributed by atoms with E-state index in [0.29, 0.717) is 0 Å². The molecule has 74 valence electrons. The molecule has 0 atom stereocenters. The van der Waals surface area contributed by atoms with Crippen molar-refractivity contribution >= 4 is 23.5 Å². The summed E-state index contributed by atoms with van der Waals surface area (Å²) in [5, 5.41) is 22.9. The summed E-state index contributed by atoms with van der Waals surface area (Å²) in [5.74, 6) is 4.55. The van der Waals surface area contributed by atoms with Crippen molar-refractivity contribution in [2.75, 3.05) is 0 Å². The smallest absolute Gasteiger partial charge is 0.300 e. The molecule has 6 nitrogen and oxygen atoms in total. The lowest BCUT2D eigenvalue weighted by Crippen LogP contribution is -1.97. The first-order valence-corrected chi connectivity index (χ1v) is 3.85. The van der Waals surface area contributed by atoms with Crippen LogP contribution in [0.15, 0.2) is 17.2 Å². The molecule has 14 heavy (non-hydrogen) atoms. The molecule has 0 saturated heterocycles. The number of nitrogens with two attached hydrogens (primary N) is 1. The van der Waals surface area contributed by atoms with E-state index in [4.69, 9.17) is 17.4 Å². The zero-order chi connectivity index (χ0) is 10.7. The van der Waals surface area contributed by atoms with E-state index in [1.165, 1.54) is 12.1 Å². The Hall–Kier alpha value is -1.82. The van der Waals surface area contributed by atoms with E-state index in [1.807, 2.05) is 0 Å². The minimum absolute atomic E-state index is 0.0808. The van der Waals surface area contributed by atoms with Gasteiger partial charge in [0.15, 0.2) is 0 Å². The molecule has 0 unspecified atom stereocenters. The molecule has 0 spiro atoms. The number of rotatable bonds is 2. The minimum atomic E-state index is -0.709. The van der Waals surface area contributed by atoms with E-state index < -0.39 is 10.6 Å². The zero-order valence-corrected chi connectivity index (χ0v) is 7.60. The summed E-state index contributed by atoms with van der Waals surface area (Å²) in [7, 11) is 0. The highest BCUT2D eigenvalue weighted by molar-refractivity contribution is 6.33. The number of aromatic hydroxyl groups is 1. The van der Waals surface area contributed by atoms with Crippen molar-refractivity contribution < 1.29 is 10.0 Å². The van der Waals surface area contributed by atoms with Crippen molar-refractivity contribution in [1.82, 2.24) is 0 Å². The minimum Gasteiger partial charge on any atom is -0.507 e. The molecule has 1 aromatic rings. The van der Waals surface area contributed by atoms with E-state index in [0.717, 1.165) is 6.21 Å². The van der Waals surface area contributed by atoms with Crippen LogP contribution in [0.3, 0.4) is 0 Å². The van der Waals surface area contributed by atoms with E-state index in [9.17, 15) is 15.2 Å². The molecule has 0 saturated carbocycles. The van der Waals surface area contributed by atoms with Gasteiger partial charge in [-0.1, -0.05) is 11.6 Å². The van der Waals surface area contributed by atoms with Crippen molar-refractivity contribution in [3.8, 4) is 5.75 Å². The summed E-state index contributed by atoms with van der Waals surface area (Å²) in [5.41, 5.74) is -0.522. The lowest BCUT2D eigenvalue weighted by Gasteiger charge is -2.01. The Balaban J connectivity index is 3.49. The van der Waals surface area contributed by atoms with Gasteiger partial charge in [-0.15, -0.1) is 0 Å². The average molecular weight is 216 g/mol. The predicted octanol–water partition coefficient (Wildman–Crippen LogP) is 1.25. The third kappa shape index (κ3) is 1.74. The number of phenolic OH excluding ortho intramolecular Hbond substituents is 1. The van der Waals surface area contributed by atoms with Gasteiger partial charge in [-0.3, -0.25) is 10.1 Å². The molecule has 0 fully saturated rings. The zero-order valence-electron chi connectivity index (χ0n) is 6.85. The van der Waals surface area contributed by atoms with Crippen LogP contribution in [-0.4, -0.2) is 16.2 Å². The second-order valence-electron chi connectivity index (χ2n) is 2.36. The Morgan fingerprint density at radius 1 is 1.64 bits per heavy atom. The molecule has 0 bridgehead atoms. The topological polar surface area (TPSA) is 102 Å². The van der Waals surface area contributed by atoms with E-state index in [1.54, 1.807) is 0 Å². The molecular formula is C7H6ClN3O3. The number of phenols is 1. The van der Waals surface area contributed by atoms with Gasteiger partial charge < -0.3 is 10.9 Å². The Labute approximate surface area is 83.8 Å². The van der Waals surface area contributed by atoms with Crippen molar-refractivity contribution in [2.24, 2.45) is 10.9 Å². The highest BCUT2D eigenvalue weighted by Gasteiger charge is 2.20. The quantitative estimate of drug-likeness (QED) is 0.335. The number of halogens is 1. The van der Waals surface area contributed by atoms with Crippen LogP contribution in [0.25, 0.3) is 0 Å². The number of hydrogen-bond donors (Lipinski definition) is 2. The van der Waals surface area contributed by atoms with Crippen LogP contribution in [-0.2, 0) is 0 Å². The van der Waals surface area contributed by atoms with Gasteiger partial charge >= 0.3 is 0 Å². The Morgan fingerprint density at radius 3 is 2.79 bits per heavy atom. The standard InChI is InChI=1S/C7H6ClN3O3/c8-5-1-2-6(12)4(3-10-9)7(5)11(13)14/h1-3,12H,9H2. The number of hydrazone groups is 1. The van der Waals surface area contributed by atoms with Gasteiger partial charge in [0.2, 0.25) is 0 Å². The van der Waals surface area contributed by atoms with Gasteiger partial charge in [0.05, 0.1) is 11.1 Å². The first-order chi connectivity index (χ1) is 6.57. The van der Waals surface area contributed by atoms with Crippen LogP contribution in [0, 0.1) is 10.1 Å². The summed E-state index contributed by atoms with van der Waals surface area (Å²) in [6.07, 6.45) is 0.972. The number of nitro benzene ring substituents is 1. The molecule has 0 aromatic heterocycles. The van der Waals surface area contributed by atoms with Crippen LogP contribution in [0.1, 0.15) is 5.56 Å². The van der Waals surface area contributed by atoms with Gasteiger partial charge in [-0.2, -0.15) is 5.10 Å². The Kier molecular flexibility index (Phi) is 2.88. The summed E-state index contributed by atoms with van der Waals surface area (Å²) in [6, 6.07) is 2.45. The largest absolute Gasteiger partial charge is 0.507 e. The van der Waals surface area contributed by atoms with Crippen molar-refractivity contribution in [3.63, 3.8) is 0 Å². The summed E-state index contributed by atoms with van der Waals surface area (Å²) in [6.45, 7) is 0.